The van der Waals surface area contributed by atoms with Gasteiger partial charge in [0, 0.05) is 23.8 Å². The molecule has 0 N–H and O–H groups in total. The highest BCUT2D eigenvalue weighted by Gasteiger charge is 2.46. The van der Waals surface area contributed by atoms with E-state index >= 15 is 4.39 Å². The highest BCUT2D eigenvalue weighted by Crippen LogP contribution is 2.49. The van der Waals surface area contributed by atoms with Gasteiger partial charge in [0.2, 0.25) is 0 Å². The molecule has 1 unspecified atom stereocenters. The molecule has 2 atom stereocenters. The van der Waals surface area contributed by atoms with Crippen LogP contribution in [0.4, 0.5) is 8.78 Å². The van der Waals surface area contributed by atoms with Crippen molar-refractivity contribution in [2.24, 2.45) is 0 Å². The monoisotopic (exact) mass is 515 g/mol. The van der Waals surface area contributed by atoms with Crippen LogP contribution < -0.4 is 0 Å². The third kappa shape index (κ3) is 4.50. The SMILES string of the molecule is CC(C)(C)[Si](C)(C)OC1c2c(S(C)(=O)=O)ccc(C3=CCCc4cc(F)cc(C#N)c43)c2C[C@H]1F. The molecule has 0 aromatic heterocycles. The van der Waals surface area contributed by atoms with Crippen LogP contribution >= 0.6 is 0 Å². The lowest BCUT2D eigenvalue weighted by molar-refractivity contribution is 0.0991. The van der Waals surface area contributed by atoms with Crippen molar-refractivity contribution in [1.82, 2.24) is 0 Å². The summed E-state index contributed by atoms with van der Waals surface area (Å²) in [4.78, 5) is 0.0800. The maximum absolute atomic E-state index is 15.7. The van der Waals surface area contributed by atoms with Crippen molar-refractivity contribution in [2.45, 2.75) is 75.3 Å². The number of rotatable bonds is 4. The van der Waals surface area contributed by atoms with Gasteiger partial charge in [-0.3, -0.25) is 0 Å². The molecule has 2 aromatic rings. The van der Waals surface area contributed by atoms with Crippen LogP contribution in [0.3, 0.4) is 0 Å². The normalized spacial score (nSPS) is 20.1. The first-order chi connectivity index (χ1) is 16.2. The Labute approximate surface area is 207 Å². The molecule has 4 rings (SSSR count). The van der Waals surface area contributed by atoms with Gasteiger partial charge in [-0.15, -0.1) is 0 Å². The quantitative estimate of drug-likeness (QED) is 0.440. The number of nitriles is 1. The highest BCUT2D eigenvalue weighted by molar-refractivity contribution is 7.90. The fourth-order valence-corrected chi connectivity index (χ4v) is 7.05. The third-order valence-electron chi connectivity index (χ3n) is 7.58. The molecular weight excluding hydrogens is 484 g/mol. The molecule has 0 fully saturated rings. The van der Waals surface area contributed by atoms with E-state index in [4.69, 9.17) is 4.43 Å². The predicted molar refractivity (Wildman–Crippen MR) is 136 cm³/mol. The second-order valence-corrected chi connectivity index (χ2v) is 17.8. The Bertz CT molecular complexity index is 1380. The number of aryl methyl sites for hydroxylation is 1. The molecule has 0 aliphatic heterocycles. The second kappa shape index (κ2) is 8.65. The fraction of sp³-hybridized carbons (Fsp3) is 0.444. The van der Waals surface area contributed by atoms with Crippen LogP contribution in [0.2, 0.25) is 18.1 Å². The van der Waals surface area contributed by atoms with Crippen LogP contribution in [0.25, 0.3) is 5.57 Å². The largest absolute Gasteiger partial charge is 0.407 e. The Kier molecular flexibility index (Phi) is 6.36. The average Bonchev–Trinajstić information content (AvgIpc) is 3.05. The summed E-state index contributed by atoms with van der Waals surface area (Å²) in [7, 11) is -6.09. The minimum Gasteiger partial charge on any atom is -0.407 e. The van der Waals surface area contributed by atoms with Crippen LogP contribution in [-0.4, -0.2) is 29.2 Å². The lowest BCUT2D eigenvalue weighted by Gasteiger charge is -2.39. The smallest absolute Gasteiger partial charge is 0.193 e. The first kappa shape index (κ1) is 25.7. The topological polar surface area (TPSA) is 67.2 Å². The van der Waals surface area contributed by atoms with Gasteiger partial charge < -0.3 is 4.43 Å². The molecule has 0 saturated heterocycles. The third-order valence-corrected chi connectivity index (χ3v) is 13.2. The van der Waals surface area contributed by atoms with E-state index in [0.29, 0.717) is 35.1 Å². The number of benzene rings is 2. The van der Waals surface area contributed by atoms with E-state index in [9.17, 15) is 18.1 Å². The molecule has 2 aromatic carbocycles. The molecule has 0 heterocycles. The molecule has 186 valence electrons. The number of halogens is 2. The summed E-state index contributed by atoms with van der Waals surface area (Å²) in [6.45, 7) is 10.2. The summed E-state index contributed by atoms with van der Waals surface area (Å²) in [5.41, 5.74) is 3.96. The number of hydrogen-bond acceptors (Lipinski definition) is 4. The molecule has 2 aliphatic carbocycles. The van der Waals surface area contributed by atoms with Gasteiger partial charge in [0.25, 0.3) is 0 Å². The van der Waals surface area contributed by atoms with Crippen molar-refractivity contribution in [1.29, 1.82) is 5.26 Å². The maximum Gasteiger partial charge on any atom is 0.193 e. The zero-order valence-corrected chi connectivity index (χ0v) is 22.8. The second-order valence-electron chi connectivity index (χ2n) is 11.1. The van der Waals surface area contributed by atoms with E-state index in [1.165, 1.54) is 18.2 Å². The molecule has 0 amide bonds. The van der Waals surface area contributed by atoms with E-state index in [1.54, 1.807) is 6.07 Å². The molecule has 0 saturated carbocycles. The number of alkyl halides is 1. The van der Waals surface area contributed by atoms with Crippen molar-refractivity contribution in [3.8, 4) is 6.07 Å². The zero-order valence-electron chi connectivity index (χ0n) is 21.0. The maximum atomic E-state index is 15.7. The van der Waals surface area contributed by atoms with Crippen LogP contribution in [-0.2, 0) is 27.1 Å². The summed E-state index contributed by atoms with van der Waals surface area (Å²) in [6, 6.07) is 7.97. The minimum absolute atomic E-state index is 0.0169. The van der Waals surface area contributed by atoms with E-state index in [-0.39, 0.29) is 21.9 Å². The lowest BCUT2D eigenvalue weighted by Crippen LogP contribution is -2.43. The van der Waals surface area contributed by atoms with Crippen molar-refractivity contribution in [3.05, 3.63) is 69.5 Å². The highest BCUT2D eigenvalue weighted by atomic mass is 32.2. The molecule has 35 heavy (non-hydrogen) atoms. The molecule has 0 spiro atoms. The van der Waals surface area contributed by atoms with Crippen LogP contribution in [0.15, 0.2) is 35.2 Å². The van der Waals surface area contributed by atoms with Crippen molar-refractivity contribution in [2.75, 3.05) is 6.26 Å². The standard InChI is InChI=1S/C27H31F2NO3SSi/c1-27(2,3)35(5,6)33-26-22(29)14-21-19(10-11-23(25(21)26)34(4,31)32)20-9-7-8-16-12-18(28)13-17(15-30)24(16)20/h9-13,22,26H,7-8,14H2,1-6H3/t22-,26?/m1/s1. The van der Waals surface area contributed by atoms with Gasteiger partial charge in [0.05, 0.1) is 16.5 Å². The molecule has 8 heteroatoms. The van der Waals surface area contributed by atoms with E-state index in [2.05, 4.69) is 26.8 Å². The molecule has 0 bridgehead atoms. The van der Waals surface area contributed by atoms with E-state index in [1.807, 2.05) is 19.2 Å². The van der Waals surface area contributed by atoms with E-state index in [0.717, 1.165) is 17.4 Å². The molecule has 0 radical (unpaired) electrons. The van der Waals surface area contributed by atoms with Gasteiger partial charge in [-0.05, 0) is 71.4 Å². The first-order valence-corrected chi connectivity index (χ1v) is 16.6. The summed E-state index contributed by atoms with van der Waals surface area (Å²) in [6.07, 6.45) is 1.98. The first-order valence-electron chi connectivity index (χ1n) is 11.8. The van der Waals surface area contributed by atoms with Crippen molar-refractivity contribution in [3.63, 3.8) is 0 Å². The number of fused-ring (bicyclic) bond motifs is 2. The molecule has 4 nitrogen and oxygen atoms in total. The summed E-state index contributed by atoms with van der Waals surface area (Å²) >= 11 is 0. The number of nitrogens with zero attached hydrogens (tertiary/aromatic N) is 1. The van der Waals surface area contributed by atoms with Crippen molar-refractivity contribution < 1.29 is 21.6 Å². The Hall–Kier alpha value is -2.34. The zero-order chi connectivity index (χ0) is 25.9. The number of allylic oxidation sites excluding steroid dienone is 1. The summed E-state index contributed by atoms with van der Waals surface area (Å²) in [5, 5.41) is 9.53. The van der Waals surface area contributed by atoms with Gasteiger partial charge >= 0.3 is 0 Å². The van der Waals surface area contributed by atoms with Gasteiger partial charge in [-0.25, -0.2) is 17.2 Å². The Morgan fingerprint density at radius 3 is 2.49 bits per heavy atom. The molecule has 2 aliphatic rings. The van der Waals surface area contributed by atoms with Gasteiger partial charge in [0.15, 0.2) is 18.2 Å². The van der Waals surface area contributed by atoms with Crippen LogP contribution in [0.1, 0.15) is 66.7 Å². The van der Waals surface area contributed by atoms with E-state index < -0.39 is 36.2 Å². The average molecular weight is 516 g/mol. The van der Waals surface area contributed by atoms with Gasteiger partial charge in [0.1, 0.15) is 18.1 Å². The Morgan fingerprint density at radius 1 is 1.20 bits per heavy atom. The van der Waals surface area contributed by atoms with Gasteiger partial charge in [-0.1, -0.05) is 32.9 Å². The lowest BCUT2D eigenvalue weighted by atomic mass is 9.82. The van der Waals surface area contributed by atoms with Gasteiger partial charge in [-0.2, -0.15) is 5.26 Å². The predicted octanol–water partition coefficient (Wildman–Crippen LogP) is 6.44. The Balaban J connectivity index is 1.95. The fourth-order valence-electron chi connectivity index (χ4n) is 4.85. The number of sulfone groups is 1. The minimum atomic E-state index is -3.65. The summed E-state index contributed by atoms with van der Waals surface area (Å²) in [5.74, 6) is -0.467. The van der Waals surface area contributed by atoms with Crippen LogP contribution in [0, 0.1) is 17.1 Å². The van der Waals surface area contributed by atoms with Crippen LogP contribution in [0.5, 0.6) is 0 Å². The van der Waals surface area contributed by atoms with Crippen molar-refractivity contribution >= 4 is 23.7 Å². The molecular formula is C27H31F2NO3SSi. The number of hydrogen-bond donors (Lipinski definition) is 0. The Morgan fingerprint density at radius 2 is 1.89 bits per heavy atom. The summed E-state index contributed by atoms with van der Waals surface area (Å²) < 4.78 is 61.8.